The molecule has 0 saturated carbocycles. The van der Waals surface area contributed by atoms with E-state index in [1.807, 2.05) is 32.0 Å². The van der Waals surface area contributed by atoms with Gasteiger partial charge in [-0.05, 0) is 68.8 Å². The van der Waals surface area contributed by atoms with Crippen molar-refractivity contribution in [2.75, 3.05) is 20.1 Å². The van der Waals surface area contributed by atoms with Crippen molar-refractivity contribution >= 4 is 22.5 Å². The lowest BCUT2D eigenvalue weighted by Crippen LogP contribution is -2.33. The first-order chi connectivity index (χ1) is 13.3. The Morgan fingerprint density at radius 1 is 1.11 bits per heavy atom. The molecule has 0 spiro atoms. The number of rotatable bonds is 3. The van der Waals surface area contributed by atoms with Crippen LogP contribution in [0.15, 0.2) is 42.5 Å². The molecule has 2 heterocycles. The van der Waals surface area contributed by atoms with Crippen molar-refractivity contribution in [3.05, 3.63) is 70.1 Å². The van der Waals surface area contributed by atoms with E-state index in [4.69, 9.17) is 11.6 Å². The zero-order valence-electron chi connectivity index (χ0n) is 16.5. The van der Waals surface area contributed by atoms with Gasteiger partial charge in [-0.3, -0.25) is 0 Å². The third-order valence-electron chi connectivity index (χ3n) is 6.29. The Morgan fingerprint density at radius 2 is 1.79 bits per heavy atom. The minimum Gasteiger partial charge on any atom is -0.383 e. The third kappa shape index (κ3) is 3.24. The number of aromatic nitrogens is 1. The fourth-order valence-corrected chi connectivity index (χ4v) is 4.56. The van der Waals surface area contributed by atoms with E-state index in [2.05, 4.69) is 16.5 Å². The zero-order chi connectivity index (χ0) is 20.1. The number of halogens is 2. The Morgan fingerprint density at radius 3 is 2.50 bits per heavy atom. The highest BCUT2D eigenvalue weighted by molar-refractivity contribution is 6.31. The van der Waals surface area contributed by atoms with Gasteiger partial charge in [-0.1, -0.05) is 23.7 Å². The summed E-state index contributed by atoms with van der Waals surface area (Å²) in [6, 6.07) is 11.9. The highest BCUT2D eigenvalue weighted by Gasteiger charge is 2.35. The van der Waals surface area contributed by atoms with Gasteiger partial charge in [0.1, 0.15) is 11.4 Å². The van der Waals surface area contributed by atoms with Crippen LogP contribution in [0.4, 0.5) is 4.39 Å². The van der Waals surface area contributed by atoms with Crippen molar-refractivity contribution < 1.29 is 9.50 Å². The highest BCUT2D eigenvalue weighted by Crippen LogP contribution is 2.40. The number of aliphatic hydroxyl groups is 1. The molecule has 5 heteroatoms. The summed E-state index contributed by atoms with van der Waals surface area (Å²) in [5.74, 6) is -0.301. The molecule has 0 fully saturated rings. The summed E-state index contributed by atoms with van der Waals surface area (Å²) in [5.41, 5.74) is 3.23. The van der Waals surface area contributed by atoms with Crippen molar-refractivity contribution in [1.82, 2.24) is 9.47 Å². The molecular formula is C23H26ClFN2O. The normalized spacial score (nSPS) is 18.5. The Balaban J connectivity index is 1.89. The molecule has 1 N–H and O–H groups in total. The second-order valence-corrected chi connectivity index (χ2v) is 8.53. The molecule has 4 rings (SSSR count). The van der Waals surface area contributed by atoms with Crippen LogP contribution in [0.3, 0.4) is 0 Å². The number of hydrogen-bond donors (Lipinski definition) is 1. The summed E-state index contributed by atoms with van der Waals surface area (Å²) in [6.45, 7) is 5.82. The average Bonchev–Trinajstić information content (AvgIpc) is 2.83. The second-order valence-electron chi connectivity index (χ2n) is 8.09. The van der Waals surface area contributed by atoms with E-state index in [1.165, 1.54) is 28.8 Å². The van der Waals surface area contributed by atoms with Crippen LogP contribution in [-0.4, -0.2) is 34.7 Å². The topological polar surface area (TPSA) is 28.4 Å². The van der Waals surface area contributed by atoms with E-state index in [9.17, 15) is 9.50 Å². The van der Waals surface area contributed by atoms with Gasteiger partial charge in [0.05, 0.1) is 6.04 Å². The number of benzene rings is 2. The number of nitrogens with zero attached hydrogens (tertiary/aromatic N) is 2. The maximum absolute atomic E-state index is 13.4. The number of fused-ring (bicyclic) bond motifs is 3. The fraction of sp³-hybridized carbons (Fsp3) is 0.391. The molecule has 0 saturated heterocycles. The van der Waals surface area contributed by atoms with Crippen LogP contribution < -0.4 is 0 Å². The van der Waals surface area contributed by atoms with Crippen LogP contribution in [0.25, 0.3) is 10.9 Å². The maximum atomic E-state index is 13.4. The average molecular weight is 401 g/mol. The summed E-state index contributed by atoms with van der Waals surface area (Å²) in [4.78, 5) is 2.34. The smallest absolute Gasteiger partial charge is 0.123 e. The molecule has 3 nitrogen and oxygen atoms in total. The number of hydrogen-bond acceptors (Lipinski definition) is 2. The number of likely N-dealkylation sites (N-methyl/N-ethyl adjacent to an activating group) is 1. The lowest BCUT2D eigenvalue weighted by Gasteiger charge is -2.34. The Hall–Kier alpha value is -1.88. The molecule has 0 bridgehead atoms. The van der Waals surface area contributed by atoms with Gasteiger partial charge in [-0.15, -0.1) is 0 Å². The van der Waals surface area contributed by atoms with Gasteiger partial charge < -0.3 is 14.6 Å². The van der Waals surface area contributed by atoms with E-state index in [0.717, 1.165) is 36.5 Å². The third-order valence-corrected chi connectivity index (χ3v) is 6.52. The largest absolute Gasteiger partial charge is 0.383 e. The molecule has 2 unspecified atom stereocenters. The van der Waals surface area contributed by atoms with Gasteiger partial charge in [0.15, 0.2) is 0 Å². The van der Waals surface area contributed by atoms with Crippen LogP contribution in [0.1, 0.15) is 36.7 Å². The van der Waals surface area contributed by atoms with Gasteiger partial charge in [0.2, 0.25) is 0 Å². The van der Waals surface area contributed by atoms with Gasteiger partial charge in [-0.2, -0.15) is 0 Å². The van der Waals surface area contributed by atoms with E-state index in [-0.39, 0.29) is 11.9 Å². The van der Waals surface area contributed by atoms with E-state index >= 15 is 0 Å². The SMILES string of the molecule is CC(n1c2c(c3cc(Cl)ccc31)CCN(C)CC2)C(C)(O)c1ccc(F)cc1. The Bertz CT molecular complexity index is 1010. The van der Waals surface area contributed by atoms with Crippen molar-refractivity contribution in [2.24, 2.45) is 0 Å². The standard InChI is InChI=1S/C23H26ClFN2O/c1-15(23(2,28)16-4-7-18(25)8-5-16)27-21-9-6-17(24)14-20(21)19-10-12-26(3)13-11-22(19)27/h4-9,14-15,28H,10-13H2,1-3H3. The summed E-state index contributed by atoms with van der Waals surface area (Å²) in [7, 11) is 2.14. The molecule has 28 heavy (non-hydrogen) atoms. The summed E-state index contributed by atoms with van der Waals surface area (Å²) >= 11 is 6.32. The van der Waals surface area contributed by atoms with Crippen LogP contribution in [0, 0.1) is 5.82 Å². The summed E-state index contributed by atoms with van der Waals surface area (Å²) in [6.07, 6.45) is 1.88. The first-order valence-electron chi connectivity index (χ1n) is 9.77. The van der Waals surface area contributed by atoms with E-state index in [0.29, 0.717) is 5.56 Å². The lowest BCUT2D eigenvalue weighted by molar-refractivity contribution is 0.00803. The van der Waals surface area contributed by atoms with Crippen molar-refractivity contribution in [3.8, 4) is 0 Å². The predicted molar refractivity (Wildman–Crippen MR) is 113 cm³/mol. The molecule has 0 radical (unpaired) electrons. The monoisotopic (exact) mass is 400 g/mol. The Labute approximate surface area is 170 Å². The van der Waals surface area contributed by atoms with E-state index in [1.54, 1.807) is 12.1 Å². The highest BCUT2D eigenvalue weighted by atomic mass is 35.5. The maximum Gasteiger partial charge on any atom is 0.123 e. The van der Waals surface area contributed by atoms with E-state index < -0.39 is 5.60 Å². The second kappa shape index (κ2) is 7.18. The summed E-state index contributed by atoms with van der Waals surface area (Å²) < 4.78 is 15.7. The van der Waals surface area contributed by atoms with Crippen LogP contribution in [0.5, 0.6) is 0 Å². The molecule has 1 aliphatic rings. The van der Waals surface area contributed by atoms with Gasteiger partial charge in [0, 0.05) is 41.1 Å². The van der Waals surface area contributed by atoms with Crippen LogP contribution in [0.2, 0.25) is 5.02 Å². The first kappa shape index (κ1) is 19.4. The molecule has 148 valence electrons. The molecule has 0 aliphatic carbocycles. The lowest BCUT2D eigenvalue weighted by atomic mass is 9.88. The van der Waals surface area contributed by atoms with Crippen LogP contribution >= 0.6 is 11.6 Å². The molecule has 2 atom stereocenters. The first-order valence-corrected chi connectivity index (χ1v) is 10.1. The molecule has 0 amide bonds. The fourth-order valence-electron chi connectivity index (χ4n) is 4.39. The minimum absolute atomic E-state index is 0.228. The van der Waals surface area contributed by atoms with Gasteiger partial charge in [-0.25, -0.2) is 4.39 Å². The molecule has 1 aromatic heterocycles. The zero-order valence-corrected chi connectivity index (χ0v) is 17.3. The minimum atomic E-state index is -1.15. The predicted octanol–water partition coefficient (Wildman–Crippen LogP) is 4.93. The summed E-state index contributed by atoms with van der Waals surface area (Å²) in [5, 5.41) is 13.4. The molecule has 1 aliphatic heterocycles. The molecule has 2 aromatic carbocycles. The van der Waals surface area contributed by atoms with Gasteiger partial charge in [0.25, 0.3) is 0 Å². The van der Waals surface area contributed by atoms with Crippen molar-refractivity contribution in [2.45, 2.75) is 38.3 Å². The molecule has 3 aromatic rings. The van der Waals surface area contributed by atoms with Crippen molar-refractivity contribution in [1.29, 1.82) is 0 Å². The Kier molecular flexibility index (Phi) is 4.98. The molecular weight excluding hydrogens is 375 g/mol. The quantitative estimate of drug-likeness (QED) is 0.675. The van der Waals surface area contributed by atoms with Gasteiger partial charge >= 0.3 is 0 Å². The van der Waals surface area contributed by atoms with Crippen LogP contribution in [-0.2, 0) is 18.4 Å². The van der Waals surface area contributed by atoms with Crippen molar-refractivity contribution in [3.63, 3.8) is 0 Å².